The lowest BCUT2D eigenvalue weighted by molar-refractivity contribution is -0.118. The maximum absolute atomic E-state index is 12.0. The molecule has 0 heterocycles. The summed E-state index contributed by atoms with van der Waals surface area (Å²) in [5.41, 5.74) is 1.72. The van der Waals surface area contributed by atoms with Crippen molar-refractivity contribution < 1.29 is 9.53 Å². The summed E-state index contributed by atoms with van der Waals surface area (Å²) in [6.45, 7) is 6.29. The van der Waals surface area contributed by atoms with E-state index >= 15 is 0 Å². The van der Waals surface area contributed by atoms with E-state index in [0.717, 1.165) is 4.47 Å². The molecule has 0 atom stereocenters. The third-order valence-corrected chi connectivity index (χ3v) is 4.53. The van der Waals surface area contributed by atoms with Crippen LogP contribution < -0.4 is 10.1 Å². The molecule has 2 rings (SSSR count). The predicted octanol–water partition coefficient (Wildman–Crippen LogP) is 6.07. The van der Waals surface area contributed by atoms with E-state index in [9.17, 15) is 4.79 Å². The molecule has 0 radical (unpaired) electrons. The van der Waals surface area contributed by atoms with Crippen molar-refractivity contribution in [3.63, 3.8) is 0 Å². The highest BCUT2D eigenvalue weighted by atomic mass is 79.9. The van der Waals surface area contributed by atoms with Gasteiger partial charge in [0.05, 0.1) is 15.2 Å². The van der Waals surface area contributed by atoms with Gasteiger partial charge in [-0.3, -0.25) is 4.79 Å². The molecule has 2 aromatic rings. The Balaban J connectivity index is 1.99. The molecular weight excluding hydrogens is 413 g/mol. The third kappa shape index (κ3) is 5.13. The number of hydrogen-bond donors (Lipinski definition) is 1. The Morgan fingerprint density at radius 3 is 2.46 bits per heavy atom. The average molecular weight is 431 g/mol. The quantitative estimate of drug-likeness (QED) is 0.638. The Labute approximate surface area is 160 Å². The van der Waals surface area contributed by atoms with Crippen LogP contribution in [0.5, 0.6) is 5.75 Å². The van der Waals surface area contributed by atoms with E-state index in [1.54, 1.807) is 18.2 Å². The van der Waals surface area contributed by atoms with Gasteiger partial charge >= 0.3 is 0 Å². The molecule has 1 N–H and O–H groups in total. The van der Waals surface area contributed by atoms with Gasteiger partial charge in [0.1, 0.15) is 5.75 Å². The molecule has 0 spiro atoms. The number of carbonyl (C=O) groups excluding carboxylic acids is 1. The molecule has 1 amide bonds. The number of halogens is 3. The molecule has 0 saturated carbocycles. The molecule has 128 valence electrons. The highest BCUT2D eigenvalue weighted by Crippen LogP contribution is 2.31. The zero-order chi connectivity index (χ0) is 17.9. The number of amides is 1. The smallest absolute Gasteiger partial charge is 0.262 e. The molecule has 0 unspecified atom stereocenters. The van der Waals surface area contributed by atoms with Crippen LogP contribution in [0.25, 0.3) is 0 Å². The summed E-state index contributed by atoms with van der Waals surface area (Å²) < 4.78 is 6.39. The van der Waals surface area contributed by atoms with Crippen molar-refractivity contribution in [3.05, 3.63) is 56.5 Å². The molecule has 0 fully saturated rings. The highest BCUT2D eigenvalue weighted by Gasteiger charge is 2.16. The van der Waals surface area contributed by atoms with Crippen LogP contribution in [0.2, 0.25) is 10.0 Å². The van der Waals surface area contributed by atoms with E-state index in [4.69, 9.17) is 27.9 Å². The van der Waals surface area contributed by atoms with Crippen LogP contribution >= 0.6 is 39.1 Å². The van der Waals surface area contributed by atoms with Gasteiger partial charge in [0.15, 0.2) is 6.61 Å². The first-order chi connectivity index (χ1) is 11.2. The van der Waals surface area contributed by atoms with Crippen molar-refractivity contribution >= 4 is 50.7 Å². The number of hydrogen-bond acceptors (Lipinski definition) is 2. The molecule has 0 aliphatic rings. The van der Waals surface area contributed by atoms with Gasteiger partial charge in [0.25, 0.3) is 5.91 Å². The van der Waals surface area contributed by atoms with Gasteiger partial charge in [0.2, 0.25) is 0 Å². The molecule has 2 aromatic carbocycles. The molecule has 24 heavy (non-hydrogen) atoms. The van der Waals surface area contributed by atoms with Crippen molar-refractivity contribution in [1.29, 1.82) is 0 Å². The number of nitrogens with one attached hydrogen (secondary N) is 1. The zero-order valence-electron chi connectivity index (χ0n) is 13.6. The Bertz CT molecular complexity index is 757. The third-order valence-electron chi connectivity index (χ3n) is 3.36. The van der Waals surface area contributed by atoms with Crippen LogP contribution in [0, 0.1) is 0 Å². The van der Waals surface area contributed by atoms with Crippen LogP contribution in [0.15, 0.2) is 40.9 Å². The molecular formula is C18H18BrCl2NO2. The van der Waals surface area contributed by atoms with Crippen molar-refractivity contribution in [1.82, 2.24) is 0 Å². The SMILES string of the molecule is CC(C)(C)c1ccc(OCC(=O)Nc2ccc(Cl)cc2Cl)c(Br)c1. The fourth-order valence-electron chi connectivity index (χ4n) is 2.00. The van der Waals surface area contributed by atoms with Gasteiger partial charge in [-0.05, 0) is 57.2 Å². The molecule has 0 aromatic heterocycles. The van der Waals surface area contributed by atoms with E-state index in [0.29, 0.717) is 21.5 Å². The van der Waals surface area contributed by atoms with Gasteiger partial charge in [-0.25, -0.2) is 0 Å². The minimum atomic E-state index is -0.300. The lowest BCUT2D eigenvalue weighted by Crippen LogP contribution is -2.20. The van der Waals surface area contributed by atoms with Crippen LogP contribution in [-0.4, -0.2) is 12.5 Å². The van der Waals surface area contributed by atoms with Crippen LogP contribution in [0.1, 0.15) is 26.3 Å². The minimum absolute atomic E-state index is 0.0454. The first-order valence-electron chi connectivity index (χ1n) is 7.34. The number of benzene rings is 2. The predicted molar refractivity (Wildman–Crippen MR) is 103 cm³/mol. The second-order valence-corrected chi connectivity index (χ2v) is 8.05. The Hall–Kier alpha value is -1.23. The average Bonchev–Trinajstić information content (AvgIpc) is 2.48. The second-order valence-electron chi connectivity index (χ2n) is 6.36. The normalized spacial score (nSPS) is 11.2. The van der Waals surface area contributed by atoms with Crippen molar-refractivity contribution in [3.8, 4) is 5.75 Å². The molecule has 0 aliphatic carbocycles. The Morgan fingerprint density at radius 2 is 1.88 bits per heavy atom. The van der Waals surface area contributed by atoms with Crippen molar-refractivity contribution in [2.75, 3.05) is 11.9 Å². The fourth-order valence-corrected chi connectivity index (χ4v) is 2.95. The first-order valence-corrected chi connectivity index (χ1v) is 8.89. The summed E-state index contributed by atoms with van der Waals surface area (Å²) in [6, 6.07) is 10.7. The lowest BCUT2D eigenvalue weighted by atomic mass is 9.87. The Kier molecular flexibility index (Phi) is 6.18. The van der Waals surface area contributed by atoms with Crippen LogP contribution in [0.3, 0.4) is 0 Å². The van der Waals surface area contributed by atoms with E-state index in [-0.39, 0.29) is 17.9 Å². The number of rotatable bonds is 4. The van der Waals surface area contributed by atoms with Crippen LogP contribution in [-0.2, 0) is 10.2 Å². The molecule has 0 bridgehead atoms. The fraction of sp³-hybridized carbons (Fsp3) is 0.278. The van der Waals surface area contributed by atoms with Gasteiger partial charge < -0.3 is 10.1 Å². The molecule has 0 saturated heterocycles. The summed E-state index contributed by atoms with van der Waals surface area (Å²) >= 11 is 15.3. The summed E-state index contributed by atoms with van der Waals surface area (Å²) in [5, 5.41) is 3.59. The van der Waals surface area contributed by atoms with E-state index < -0.39 is 0 Å². The summed E-state index contributed by atoms with van der Waals surface area (Å²) in [7, 11) is 0. The monoisotopic (exact) mass is 429 g/mol. The molecule has 3 nitrogen and oxygen atoms in total. The molecule has 0 aliphatic heterocycles. The zero-order valence-corrected chi connectivity index (χ0v) is 16.7. The lowest BCUT2D eigenvalue weighted by Gasteiger charge is -2.20. The topological polar surface area (TPSA) is 38.3 Å². The Morgan fingerprint density at radius 1 is 1.17 bits per heavy atom. The summed E-state index contributed by atoms with van der Waals surface area (Å²) in [5.74, 6) is 0.311. The largest absolute Gasteiger partial charge is 0.483 e. The van der Waals surface area contributed by atoms with E-state index in [1.165, 1.54) is 5.56 Å². The first kappa shape index (κ1) is 19.1. The summed E-state index contributed by atoms with van der Waals surface area (Å²) in [6.07, 6.45) is 0. The maximum atomic E-state index is 12.0. The van der Waals surface area contributed by atoms with Gasteiger partial charge in [-0.1, -0.05) is 50.0 Å². The van der Waals surface area contributed by atoms with E-state index in [1.807, 2.05) is 18.2 Å². The second kappa shape index (κ2) is 7.77. The minimum Gasteiger partial charge on any atom is -0.483 e. The molecule has 6 heteroatoms. The van der Waals surface area contributed by atoms with Crippen molar-refractivity contribution in [2.45, 2.75) is 26.2 Å². The number of carbonyl (C=O) groups is 1. The van der Waals surface area contributed by atoms with Gasteiger partial charge in [0, 0.05) is 5.02 Å². The number of anilines is 1. The number of ether oxygens (including phenoxy) is 1. The van der Waals surface area contributed by atoms with Gasteiger partial charge in [-0.2, -0.15) is 0 Å². The standard InChI is InChI=1S/C18H18BrCl2NO2/c1-18(2,3)11-4-7-16(13(19)8-11)24-10-17(23)22-15-6-5-12(20)9-14(15)21/h4-9H,10H2,1-3H3,(H,22,23). The van der Waals surface area contributed by atoms with E-state index in [2.05, 4.69) is 42.0 Å². The van der Waals surface area contributed by atoms with Crippen molar-refractivity contribution in [2.24, 2.45) is 0 Å². The summed E-state index contributed by atoms with van der Waals surface area (Å²) in [4.78, 5) is 12.0. The van der Waals surface area contributed by atoms with Crippen LogP contribution in [0.4, 0.5) is 5.69 Å². The van der Waals surface area contributed by atoms with Gasteiger partial charge in [-0.15, -0.1) is 0 Å². The maximum Gasteiger partial charge on any atom is 0.262 e. The highest BCUT2D eigenvalue weighted by molar-refractivity contribution is 9.10.